The van der Waals surface area contributed by atoms with Crippen LogP contribution in [0.4, 0.5) is 10.6 Å². The topological polar surface area (TPSA) is 69.8 Å². The van der Waals surface area contributed by atoms with E-state index >= 15 is 0 Å². The Balaban J connectivity index is 1.81. The molecule has 1 atom stereocenters. The normalized spacial score (nSPS) is 23.8. The first-order valence-electron chi connectivity index (χ1n) is 6.04. The highest BCUT2D eigenvalue weighted by atomic mass is 16.5. The van der Waals surface area contributed by atoms with Gasteiger partial charge in [0.05, 0.1) is 6.54 Å². The summed E-state index contributed by atoms with van der Waals surface area (Å²) in [6, 6.07) is 1.48. The molecule has 1 aromatic heterocycles. The van der Waals surface area contributed by atoms with Crippen LogP contribution in [0.25, 0.3) is 0 Å². The van der Waals surface area contributed by atoms with Gasteiger partial charge < -0.3 is 14.5 Å². The molecule has 2 aliphatic rings. The van der Waals surface area contributed by atoms with Crippen LogP contribution >= 0.6 is 0 Å². The minimum absolute atomic E-state index is 0.260. The van der Waals surface area contributed by atoms with E-state index in [4.69, 9.17) is 4.52 Å². The molecular weight excluding hydrogens is 234 g/mol. The van der Waals surface area contributed by atoms with Crippen LogP contribution in [-0.4, -0.2) is 40.5 Å². The van der Waals surface area contributed by atoms with Gasteiger partial charge in [-0.1, -0.05) is 11.2 Å². The minimum Gasteiger partial charge on any atom is -0.371 e. The molecule has 2 fully saturated rings. The van der Waals surface area contributed by atoms with Crippen molar-refractivity contribution < 1.29 is 14.4 Å². The summed E-state index contributed by atoms with van der Waals surface area (Å²) in [6.45, 7) is 4.27. The molecule has 1 unspecified atom stereocenters. The average molecular weight is 249 g/mol. The number of nitrogens with zero attached hydrogens (tertiary/aromatic N) is 3. The van der Waals surface area contributed by atoms with E-state index in [0.717, 1.165) is 18.6 Å². The van der Waals surface area contributed by atoms with E-state index in [0.29, 0.717) is 18.3 Å². The number of hydrogen-bond acceptors (Lipinski definition) is 4. The number of aliphatic hydroxyl groups excluding tert-OH is 1. The molecule has 6 heteroatoms. The second-order valence-corrected chi connectivity index (χ2v) is 4.69. The zero-order valence-electron chi connectivity index (χ0n) is 9.95. The SMILES string of the molecule is C=CCN1CC(O)N(c2cc(C3CC3)on2)C1=O. The number of amides is 2. The average Bonchev–Trinajstić information content (AvgIpc) is 3.02. The molecule has 0 bridgehead atoms. The Morgan fingerprint density at radius 1 is 1.61 bits per heavy atom. The first-order chi connectivity index (χ1) is 8.70. The van der Waals surface area contributed by atoms with Crippen LogP contribution in [0.15, 0.2) is 23.2 Å². The maximum Gasteiger partial charge on any atom is 0.328 e. The second-order valence-electron chi connectivity index (χ2n) is 4.69. The van der Waals surface area contributed by atoms with Crippen LogP contribution < -0.4 is 4.90 Å². The zero-order chi connectivity index (χ0) is 12.7. The van der Waals surface area contributed by atoms with Crippen molar-refractivity contribution in [2.24, 2.45) is 0 Å². The number of carbonyl (C=O) groups excluding carboxylic acids is 1. The molecule has 0 radical (unpaired) electrons. The van der Waals surface area contributed by atoms with Gasteiger partial charge in [0.1, 0.15) is 5.76 Å². The summed E-state index contributed by atoms with van der Waals surface area (Å²) in [6.07, 6.45) is 2.96. The first-order valence-corrected chi connectivity index (χ1v) is 6.04. The van der Waals surface area contributed by atoms with E-state index in [2.05, 4.69) is 11.7 Å². The summed E-state index contributed by atoms with van der Waals surface area (Å²) < 4.78 is 5.20. The Morgan fingerprint density at radius 2 is 2.39 bits per heavy atom. The minimum atomic E-state index is -0.880. The summed E-state index contributed by atoms with van der Waals surface area (Å²) in [5, 5.41) is 13.8. The molecule has 6 nitrogen and oxygen atoms in total. The van der Waals surface area contributed by atoms with E-state index in [1.54, 1.807) is 12.1 Å². The number of rotatable bonds is 4. The summed E-state index contributed by atoms with van der Waals surface area (Å²) in [5.41, 5.74) is 0. The number of β-amino-alcohol motifs (C(OH)–C–C–N with tert-alkyl or cyclic N) is 1. The van der Waals surface area contributed by atoms with Crippen LogP contribution in [0.5, 0.6) is 0 Å². The lowest BCUT2D eigenvalue weighted by Gasteiger charge is -2.15. The third-order valence-electron chi connectivity index (χ3n) is 3.25. The van der Waals surface area contributed by atoms with E-state index in [1.807, 2.05) is 0 Å². The number of aliphatic hydroxyl groups is 1. The lowest BCUT2D eigenvalue weighted by Crippen LogP contribution is -2.35. The smallest absolute Gasteiger partial charge is 0.328 e. The molecule has 3 rings (SSSR count). The van der Waals surface area contributed by atoms with Crippen molar-refractivity contribution in [1.29, 1.82) is 0 Å². The number of carbonyl (C=O) groups is 1. The van der Waals surface area contributed by atoms with Crippen LogP contribution in [0.1, 0.15) is 24.5 Å². The van der Waals surface area contributed by atoms with Crippen molar-refractivity contribution in [3.8, 4) is 0 Å². The molecule has 1 aliphatic carbocycles. The molecule has 0 spiro atoms. The van der Waals surface area contributed by atoms with Crippen molar-refractivity contribution >= 4 is 11.8 Å². The molecule has 1 aliphatic heterocycles. The quantitative estimate of drug-likeness (QED) is 0.816. The van der Waals surface area contributed by atoms with Crippen LogP contribution in [-0.2, 0) is 0 Å². The fourth-order valence-electron chi connectivity index (χ4n) is 2.15. The number of urea groups is 1. The molecule has 1 N–H and O–H groups in total. The highest BCUT2D eigenvalue weighted by molar-refractivity contribution is 5.93. The largest absolute Gasteiger partial charge is 0.371 e. The molecule has 1 aromatic rings. The Labute approximate surface area is 104 Å². The van der Waals surface area contributed by atoms with Crippen molar-refractivity contribution in [3.05, 3.63) is 24.5 Å². The number of anilines is 1. The van der Waals surface area contributed by atoms with Crippen LogP contribution in [0.2, 0.25) is 0 Å². The molecule has 0 aromatic carbocycles. The summed E-state index contributed by atoms with van der Waals surface area (Å²) in [5.74, 6) is 1.62. The Bertz CT molecular complexity index is 481. The fourth-order valence-corrected chi connectivity index (χ4v) is 2.15. The molecule has 18 heavy (non-hydrogen) atoms. The summed E-state index contributed by atoms with van der Waals surface area (Å²) >= 11 is 0. The van der Waals surface area contributed by atoms with Gasteiger partial charge in [-0.3, -0.25) is 0 Å². The Hall–Kier alpha value is -1.82. The van der Waals surface area contributed by atoms with Gasteiger partial charge >= 0.3 is 6.03 Å². The maximum atomic E-state index is 12.1. The molecular formula is C12H15N3O3. The zero-order valence-corrected chi connectivity index (χ0v) is 9.95. The third kappa shape index (κ3) is 1.78. The first kappa shape index (κ1) is 11.3. The van der Waals surface area contributed by atoms with Gasteiger partial charge in [-0.25, -0.2) is 9.69 Å². The standard InChI is InChI=1S/C12H15N3O3/c1-2-5-14-7-11(16)15(12(14)17)10-6-9(18-13-10)8-3-4-8/h2,6,8,11,16H,1,3-5,7H2. The number of hydrogen-bond donors (Lipinski definition) is 1. The van der Waals surface area contributed by atoms with E-state index in [-0.39, 0.29) is 12.6 Å². The van der Waals surface area contributed by atoms with E-state index in [9.17, 15) is 9.90 Å². The van der Waals surface area contributed by atoms with Gasteiger partial charge in [0.25, 0.3) is 0 Å². The lowest BCUT2D eigenvalue weighted by molar-refractivity contribution is 0.179. The lowest BCUT2D eigenvalue weighted by atomic mass is 10.3. The van der Waals surface area contributed by atoms with E-state index in [1.165, 1.54) is 9.80 Å². The third-order valence-corrected chi connectivity index (χ3v) is 3.25. The van der Waals surface area contributed by atoms with Crippen molar-refractivity contribution in [3.63, 3.8) is 0 Å². The number of aromatic nitrogens is 1. The monoisotopic (exact) mass is 249 g/mol. The van der Waals surface area contributed by atoms with Gasteiger partial charge in [-0.05, 0) is 12.8 Å². The van der Waals surface area contributed by atoms with Gasteiger partial charge in [0, 0.05) is 18.5 Å². The Kier molecular flexibility index (Phi) is 2.59. The summed E-state index contributed by atoms with van der Waals surface area (Å²) in [4.78, 5) is 14.8. The van der Waals surface area contributed by atoms with Gasteiger partial charge in [-0.15, -0.1) is 6.58 Å². The van der Waals surface area contributed by atoms with Gasteiger partial charge in [-0.2, -0.15) is 0 Å². The maximum absolute atomic E-state index is 12.1. The molecule has 2 heterocycles. The van der Waals surface area contributed by atoms with Crippen LogP contribution in [0.3, 0.4) is 0 Å². The molecule has 1 saturated carbocycles. The molecule has 96 valence electrons. The fraction of sp³-hybridized carbons (Fsp3) is 0.500. The van der Waals surface area contributed by atoms with Crippen molar-refractivity contribution in [1.82, 2.24) is 10.1 Å². The predicted molar refractivity (Wildman–Crippen MR) is 64.1 cm³/mol. The van der Waals surface area contributed by atoms with Gasteiger partial charge in [0.15, 0.2) is 12.0 Å². The van der Waals surface area contributed by atoms with Crippen LogP contribution in [0, 0.1) is 0 Å². The predicted octanol–water partition coefficient (Wildman–Crippen LogP) is 1.30. The highest BCUT2D eigenvalue weighted by Crippen LogP contribution is 2.41. The van der Waals surface area contributed by atoms with Crippen molar-refractivity contribution in [2.45, 2.75) is 25.0 Å². The molecule has 1 saturated heterocycles. The van der Waals surface area contributed by atoms with Gasteiger partial charge in [0.2, 0.25) is 0 Å². The van der Waals surface area contributed by atoms with E-state index < -0.39 is 6.23 Å². The highest BCUT2D eigenvalue weighted by Gasteiger charge is 2.39. The second kappa shape index (κ2) is 4.13. The van der Waals surface area contributed by atoms with Crippen molar-refractivity contribution in [2.75, 3.05) is 18.0 Å². The summed E-state index contributed by atoms with van der Waals surface area (Å²) in [7, 11) is 0. The Morgan fingerprint density at radius 3 is 3.06 bits per heavy atom. The molecule has 2 amide bonds.